The van der Waals surface area contributed by atoms with Gasteiger partial charge in [-0.3, -0.25) is 4.79 Å². The number of nitrogens with zero attached hydrogens (tertiary/aromatic N) is 1. The van der Waals surface area contributed by atoms with Gasteiger partial charge in [0.2, 0.25) is 0 Å². The minimum atomic E-state index is -0.288. The Morgan fingerprint density at radius 1 is 0.893 bits per heavy atom. The highest BCUT2D eigenvalue weighted by Crippen LogP contribution is 2.29. The summed E-state index contributed by atoms with van der Waals surface area (Å²) in [6.45, 7) is 0. The summed E-state index contributed by atoms with van der Waals surface area (Å²) in [4.78, 5) is 16.8. The smallest absolute Gasteiger partial charge is 0.257 e. The summed E-state index contributed by atoms with van der Waals surface area (Å²) in [6, 6.07) is 16.1. The summed E-state index contributed by atoms with van der Waals surface area (Å²) in [5, 5.41) is 5.99. The van der Waals surface area contributed by atoms with E-state index >= 15 is 0 Å². The van der Waals surface area contributed by atoms with Gasteiger partial charge in [-0.05, 0) is 36.4 Å². The number of rotatable bonds is 7. The van der Waals surface area contributed by atoms with Gasteiger partial charge in [0.05, 0.1) is 32.6 Å². The van der Waals surface area contributed by atoms with E-state index < -0.39 is 0 Å². The third kappa shape index (κ3) is 4.50. The standard InChI is InChI=1S/C21H21N3O4/c1-26-16-6-4-5-15(11-16)23-20-10-7-14(13-22-20)21(25)24-18-9-8-17(27-2)12-19(18)28-3/h4-13H,1-3H3,(H,22,23)(H,24,25). The normalized spacial score (nSPS) is 10.1. The number of pyridine rings is 1. The van der Waals surface area contributed by atoms with E-state index in [-0.39, 0.29) is 5.91 Å². The van der Waals surface area contributed by atoms with Crippen molar-refractivity contribution in [2.45, 2.75) is 0 Å². The second kappa shape index (κ2) is 8.77. The van der Waals surface area contributed by atoms with Gasteiger partial charge >= 0.3 is 0 Å². The lowest BCUT2D eigenvalue weighted by Crippen LogP contribution is -2.13. The van der Waals surface area contributed by atoms with Crippen LogP contribution in [-0.2, 0) is 0 Å². The van der Waals surface area contributed by atoms with E-state index in [1.54, 1.807) is 44.6 Å². The van der Waals surface area contributed by atoms with Gasteiger partial charge in [-0.1, -0.05) is 6.07 Å². The van der Waals surface area contributed by atoms with Crippen LogP contribution in [0.25, 0.3) is 0 Å². The number of carbonyl (C=O) groups is 1. The number of methoxy groups -OCH3 is 3. The molecule has 1 amide bonds. The first kappa shape index (κ1) is 19.0. The zero-order chi connectivity index (χ0) is 19.9. The Hall–Kier alpha value is -3.74. The number of aromatic nitrogens is 1. The van der Waals surface area contributed by atoms with E-state index in [0.29, 0.717) is 28.6 Å². The van der Waals surface area contributed by atoms with Crippen LogP contribution in [-0.4, -0.2) is 32.2 Å². The highest BCUT2D eigenvalue weighted by atomic mass is 16.5. The lowest BCUT2D eigenvalue weighted by atomic mass is 10.2. The summed E-state index contributed by atoms with van der Waals surface area (Å²) < 4.78 is 15.7. The summed E-state index contributed by atoms with van der Waals surface area (Å²) in [5.74, 6) is 2.23. The molecule has 0 atom stereocenters. The number of hydrogen-bond donors (Lipinski definition) is 2. The molecule has 2 N–H and O–H groups in total. The molecule has 144 valence electrons. The lowest BCUT2D eigenvalue weighted by molar-refractivity contribution is 0.102. The molecule has 0 radical (unpaired) electrons. The maximum absolute atomic E-state index is 12.5. The molecule has 1 heterocycles. The van der Waals surface area contributed by atoms with Crippen molar-refractivity contribution in [3.63, 3.8) is 0 Å². The van der Waals surface area contributed by atoms with Crippen LogP contribution >= 0.6 is 0 Å². The van der Waals surface area contributed by atoms with Crippen molar-refractivity contribution < 1.29 is 19.0 Å². The highest BCUT2D eigenvalue weighted by molar-refractivity contribution is 6.05. The fourth-order valence-electron chi connectivity index (χ4n) is 2.55. The Morgan fingerprint density at radius 3 is 2.36 bits per heavy atom. The maximum Gasteiger partial charge on any atom is 0.257 e. The molecular weight excluding hydrogens is 358 g/mol. The molecule has 0 aliphatic heterocycles. The monoisotopic (exact) mass is 379 g/mol. The summed E-state index contributed by atoms with van der Waals surface area (Å²) >= 11 is 0. The van der Waals surface area contributed by atoms with Gasteiger partial charge in [-0.2, -0.15) is 0 Å². The molecule has 2 aromatic carbocycles. The van der Waals surface area contributed by atoms with Crippen molar-refractivity contribution in [2.75, 3.05) is 32.0 Å². The van der Waals surface area contributed by atoms with Gasteiger partial charge in [0.15, 0.2) is 0 Å². The number of nitrogens with one attached hydrogen (secondary N) is 2. The molecule has 0 bridgehead atoms. The first-order chi connectivity index (χ1) is 13.6. The third-order valence-corrected chi connectivity index (χ3v) is 4.02. The minimum Gasteiger partial charge on any atom is -0.497 e. The Morgan fingerprint density at radius 2 is 1.68 bits per heavy atom. The van der Waals surface area contributed by atoms with E-state index in [1.807, 2.05) is 24.3 Å². The molecule has 0 fully saturated rings. The van der Waals surface area contributed by atoms with Crippen molar-refractivity contribution in [1.29, 1.82) is 0 Å². The van der Waals surface area contributed by atoms with Crippen molar-refractivity contribution in [3.05, 3.63) is 66.4 Å². The van der Waals surface area contributed by atoms with E-state index in [0.717, 1.165) is 11.4 Å². The average Bonchev–Trinajstić information content (AvgIpc) is 2.74. The van der Waals surface area contributed by atoms with Crippen LogP contribution in [0.1, 0.15) is 10.4 Å². The Balaban J connectivity index is 1.70. The van der Waals surface area contributed by atoms with Gasteiger partial charge in [0.25, 0.3) is 5.91 Å². The van der Waals surface area contributed by atoms with Gasteiger partial charge in [-0.25, -0.2) is 4.98 Å². The zero-order valence-electron chi connectivity index (χ0n) is 15.9. The summed E-state index contributed by atoms with van der Waals surface area (Å²) in [7, 11) is 4.72. The van der Waals surface area contributed by atoms with Crippen molar-refractivity contribution in [1.82, 2.24) is 4.98 Å². The molecular formula is C21H21N3O4. The SMILES string of the molecule is COc1cccc(Nc2ccc(C(=O)Nc3ccc(OC)cc3OC)cn2)c1. The Kier molecular flexibility index (Phi) is 5.96. The fourth-order valence-corrected chi connectivity index (χ4v) is 2.55. The number of benzene rings is 2. The quantitative estimate of drug-likeness (QED) is 0.643. The molecule has 0 saturated carbocycles. The average molecular weight is 379 g/mol. The fraction of sp³-hybridized carbons (Fsp3) is 0.143. The van der Waals surface area contributed by atoms with E-state index in [9.17, 15) is 4.79 Å². The molecule has 0 saturated heterocycles. The molecule has 0 aliphatic carbocycles. The second-order valence-corrected chi connectivity index (χ2v) is 5.81. The van der Waals surface area contributed by atoms with Gasteiger partial charge in [0.1, 0.15) is 23.1 Å². The Bertz CT molecular complexity index is 958. The van der Waals surface area contributed by atoms with Crippen LogP contribution in [0.15, 0.2) is 60.8 Å². The molecule has 3 aromatic rings. The largest absolute Gasteiger partial charge is 0.497 e. The number of ether oxygens (including phenoxy) is 3. The molecule has 28 heavy (non-hydrogen) atoms. The molecule has 0 spiro atoms. The van der Waals surface area contributed by atoms with Crippen molar-refractivity contribution >= 4 is 23.1 Å². The summed E-state index contributed by atoms with van der Waals surface area (Å²) in [5.41, 5.74) is 1.81. The van der Waals surface area contributed by atoms with E-state index in [4.69, 9.17) is 14.2 Å². The van der Waals surface area contributed by atoms with E-state index in [1.165, 1.54) is 13.3 Å². The molecule has 0 aliphatic rings. The van der Waals surface area contributed by atoms with Crippen LogP contribution in [0.4, 0.5) is 17.2 Å². The molecule has 0 unspecified atom stereocenters. The highest BCUT2D eigenvalue weighted by Gasteiger charge is 2.11. The Labute approximate surface area is 163 Å². The topological polar surface area (TPSA) is 81.7 Å². The predicted octanol–water partition coefficient (Wildman–Crippen LogP) is 4.10. The van der Waals surface area contributed by atoms with Crippen LogP contribution < -0.4 is 24.8 Å². The van der Waals surface area contributed by atoms with Gasteiger partial charge in [0, 0.05) is 24.0 Å². The third-order valence-electron chi connectivity index (χ3n) is 4.02. The number of anilines is 3. The van der Waals surface area contributed by atoms with Crippen LogP contribution in [0.3, 0.4) is 0 Å². The van der Waals surface area contributed by atoms with Gasteiger partial charge in [-0.15, -0.1) is 0 Å². The van der Waals surface area contributed by atoms with E-state index in [2.05, 4.69) is 15.6 Å². The number of amides is 1. The zero-order valence-corrected chi connectivity index (χ0v) is 15.9. The first-order valence-corrected chi connectivity index (χ1v) is 8.53. The van der Waals surface area contributed by atoms with Crippen molar-refractivity contribution in [2.24, 2.45) is 0 Å². The molecule has 3 rings (SSSR count). The maximum atomic E-state index is 12.5. The summed E-state index contributed by atoms with van der Waals surface area (Å²) in [6.07, 6.45) is 1.51. The van der Waals surface area contributed by atoms with Crippen LogP contribution in [0, 0.1) is 0 Å². The molecule has 7 nitrogen and oxygen atoms in total. The number of carbonyl (C=O) groups excluding carboxylic acids is 1. The molecule has 7 heteroatoms. The van der Waals surface area contributed by atoms with Crippen LogP contribution in [0.2, 0.25) is 0 Å². The van der Waals surface area contributed by atoms with Crippen LogP contribution in [0.5, 0.6) is 17.2 Å². The predicted molar refractivity (Wildman–Crippen MR) is 108 cm³/mol. The van der Waals surface area contributed by atoms with Crippen molar-refractivity contribution in [3.8, 4) is 17.2 Å². The second-order valence-electron chi connectivity index (χ2n) is 5.81. The first-order valence-electron chi connectivity index (χ1n) is 8.53. The lowest BCUT2D eigenvalue weighted by Gasteiger charge is -2.12. The molecule has 1 aromatic heterocycles. The van der Waals surface area contributed by atoms with Gasteiger partial charge < -0.3 is 24.8 Å². The minimum absolute atomic E-state index is 0.288. The number of hydrogen-bond acceptors (Lipinski definition) is 6.